The van der Waals surface area contributed by atoms with E-state index < -0.39 is 32.8 Å². The van der Waals surface area contributed by atoms with Gasteiger partial charge in [-0.2, -0.15) is 0 Å². The van der Waals surface area contributed by atoms with Gasteiger partial charge in [0, 0.05) is 37.4 Å². The van der Waals surface area contributed by atoms with Crippen molar-refractivity contribution in [1.82, 2.24) is 9.47 Å². The molecule has 0 saturated heterocycles. The van der Waals surface area contributed by atoms with E-state index in [1.54, 1.807) is 0 Å². The van der Waals surface area contributed by atoms with E-state index in [0.29, 0.717) is 5.39 Å². The predicted octanol–water partition coefficient (Wildman–Crippen LogP) is 2.99. The lowest BCUT2D eigenvalue weighted by Gasteiger charge is -2.33. The highest BCUT2D eigenvalue weighted by atomic mass is 16.5. The van der Waals surface area contributed by atoms with Crippen molar-refractivity contribution in [1.29, 1.82) is 0 Å². The van der Waals surface area contributed by atoms with Crippen LogP contribution >= 0.6 is 0 Å². The molecule has 0 aliphatic rings. The number of fused-ring (bicyclic) bond motifs is 1. The van der Waals surface area contributed by atoms with Gasteiger partial charge in [0.25, 0.3) is 0 Å². The van der Waals surface area contributed by atoms with Crippen molar-refractivity contribution in [3.8, 4) is 5.75 Å². The molecule has 0 saturated carbocycles. The number of methoxy groups -OCH3 is 1. The number of hydrogen-bond acceptors (Lipinski definition) is 2. The molecule has 1 aromatic heterocycles. The third kappa shape index (κ3) is 2.36. The van der Waals surface area contributed by atoms with Gasteiger partial charge in [-0.1, -0.05) is 0 Å². The van der Waals surface area contributed by atoms with Crippen LogP contribution in [0.15, 0.2) is 30.5 Å². The second kappa shape index (κ2) is 4.65. The smallest absolute Gasteiger partial charge is 0.119 e. The molecule has 18 heavy (non-hydrogen) atoms. The quantitative estimate of drug-likeness (QED) is 0.838. The number of likely N-dealkylation sites (N-methyl/N-ethyl adjacent to an activating group) is 1. The monoisotopic (exact) mass is 257 g/mol. The molecule has 1 aromatic carbocycles. The van der Waals surface area contributed by atoms with Crippen molar-refractivity contribution in [3.63, 3.8) is 0 Å². The zero-order valence-electron chi connectivity index (χ0n) is 21.2. The highest BCUT2D eigenvalue weighted by Crippen LogP contribution is 2.24. The van der Waals surface area contributed by atoms with Crippen LogP contribution in [-0.4, -0.2) is 36.1 Å². The maximum absolute atomic E-state index is 8.66. The van der Waals surface area contributed by atoms with E-state index in [1.165, 1.54) is 44.6 Å². The van der Waals surface area contributed by atoms with Crippen LogP contribution < -0.4 is 4.74 Å². The third-order valence-electron chi connectivity index (χ3n) is 2.73. The summed E-state index contributed by atoms with van der Waals surface area (Å²) in [5.74, 6) is 0.0151. The van der Waals surface area contributed by atoms with E-state index in [-0.39, 0.29) is 11.3 Å². The minimum Gasteiger partial charge on any atom is -0.497 e. The van der Waals surface area contributed by atoms with Gasteiger partial charge in [-0.3, -0.25) is 0 Å². The first kappa shape index (κ1) is 4.89. The molecule has 0 spiro atoms. The molecule has 0 N–H and O–H groups in total. The molecular formula is C15H22N2O. The highest BCUT2D eigenvalue weighted by Gasteiger charge is 2.21. The Morgan fingerprint density at radius 2 is 2.22 bits per heavy atom. The van der Waals surface area contributed by atoms with E-state index in [9.17, 15) is 0 Å². The van der Waals surface area contributed by atoms with E-state index in [1.807, 2.05) is 0 Å². The molecule has 0 radical (unpaired) electrons. The Morgan fingerprint density at radius 1 is 1.39 bits per heavy atom. The molecule has 0 amide bonds. The van der Waals surface area contributed by atoms with Crippen LogP contribution in [0, 0.1) is 0 Å². The SMILES string of the molecule is [2H]C([2H])([2H])Oc1ccc2c(ccn2C([2H])([2H])C(N(C)C)(C([2H])([2H])[2H])C([2H])([2H])[2H])c1. The molecule has 0 aliphatic heterocycles. The standard InChI is InChI=1S/C15H22N2O/c1-15(2,16(3)4)11-17-9-8-12-10-13(18-5)6-7-14(12)17/h6-10H,11H2,1-5H3/i1D3,2D3,5D3,11D2. The second-order valence-electron chi connectivity index (χ2n) is 4.23. The van der Waals surface area contributed by atoms with Crippen LogP contribution in [0.2, 0.25) is 0 Å². The van der Waals surface area contributed by atoms with Crippen molar-refractivity contribution in [3.05, 3.63) is 30.5 Å². The third-order valence-corrected chi connectivity index (χ3v) is 2.73. The fourth-order valence-corrected chi connectivity index (χ4v) is 1.56. The largest absolute Gasteiger partial charge is 0.497 e. The Hall–Kier alpha value is -1.48. The van der Waals surface area contributed by atoms with Crippen LogP contribution in [0.1, 0.15) is 28.8 Å². The predicted molar refractivity (Wildman–Crippen MR) is 76.3 cm³/mol. The summed E-state index contributed by atoms with van der Waals surface area (Å²) in [5, 5.41) is 0.361. The molecule has 0 unspecified atom stereocenters. The number of hydrogen-bond donors (Lipinski definition) is 0. The van der Waals surface area contributed by atoms with Gasteiger partial charge in [-0.15, -0.1) is 0 Å². The molecule has 98 valence electrons. The topological polar surface area (TPSA) is 17.4 Å². The van der Waals surface area contributed by atoms with Crippen molar-refractivity contribution >= 4 is 10.9 Å². The molecule has 3 nitrogen and oxygen atoms in total. The first-order valence-electron chi connectivity index (χ1n) is 10.8. The van der Waals surface area contributed by atoms with Crippen molar-refractivity contribution < 1.29 is 19.8 Å². The summed E-state index contributed by atoms with van der Waals surface area (Å²) >= 11 is 0. The van der Waals surface area contributed by atoms with Crippen LogP contribution in [0.3, 0.4) is 0 Å². The van der Waals surface area contributed by atoms with Crippen molar-refractivity contribution in [2.45, 2.75) is 25.7 Å². The summed E-state index contributed by atoms with van der Waals surface area (Å²) in [6.07, 6.45) is 1.24. The number of benzene rings is 1. The maximum Gasteiger partial charge on any atom is 0.119 e. The number of ether oxygens (including phenoxy) is 1. The van der Waals surface area contributed by atoms with Crippen molar-refractivity contribution in [2.75, 3.05) is 21.1 Å². The normalized spacial score (nSPS) is 24.3. The summed E-state index contributed by atoms with van der Waals surface area (Å²) < 4.78 is 92.1. The summed E-state index contributed by atoms with van der Waals surface area (Å²) in [7, 11) is -0.248. The molecule has 3 heteroatoms. The van der Waals surface area contributed by atoms with Gasteiger partial charge in [-0.25, -0.2) is 0 Å². The maximum atomic E-state index is 8.66. The van der Waals surface area contributed by atoms with Crippen LogP contribution in [-0.2, 0) is 6.50 Å². The summed E-state index contributed by atoms with van der Waals surface area (Å²) in [5.41, 5.74) is -2.68. The number of nitrogens with zero attached hydrogens (tertiary/aromatic N) is 2. The van der Waals surface area contributed by atoms with Crippen LogP contribution in [0.25, 0.3) is 10.9 Å². The number of rotatable bonds is 4. The molecule has 0 bridgehead atoms. The highest BCUT2D eigenvalue weighted by molar-refractivity contribution is 5.81. The Balaban J connectivity index is 2.74. The molecule has 0 aliphatic carbocycles. The van der Waals surface area contributed by atoms with Crippen molar-refractivity contribution in [2.24, 2.45) is 0 Å². The lowest BCUT2D eigenvalue weighted by Crippen LogP contribution is -2.41. The Kier molecular flexibility index (Phi) is 1.26. The van der Waals surface area contributed by atoms with Crippen LogP contribution in [0.5, 0.6) is 5.75 Å². The molecule has 0 atom stereocenters. The van der Waals surface area contributed by atoms with Gasteiger partial charge in [0.2, 0.25) is 0 Å². The van der Waals surface area contributed by atoms with Gasteiger partial charge in [-0.05, 0) is 52.1 Å². The Morgan fingerprint density at radius 3 is 2.89 bits per heavy atom. The van der Waals surface area contributed by atoms with E-state index >= 15 is 0 Å². The average molecular weight is 257 g/mol. The number of aromatic nitrogens is 1. The fraction of sp³-hybridized carbons (Fsp3) is 0.467. The van der Waals surface area contributed by atoms with Gasteiger partial charge in [0.15, 0.2) is 0 Å². The molecular weight excluding hydrogens is 224 g/mol. The minimum absolute atomic E-state index is 0.0151. The Labute approximate surface area is 124 Å². The molecule has 2 rings (SSSR count). The first-order valence-corrected chi connectivity index (χ1v) is 5.34. The van der Waals surface area contributed by atoms with E-state index in [0.717, 1.165) is 9.47 Å². The van der Waals surface area contributed by atoms with Gasteiger partial charge >= 0.3 is 0 Å². The van der Waals surface area contributed by atoms with Gasteiger partial charge in [0.05, 0.1) is 13.9 Å². The zero-order chi connectivity index (χ0) is 22.6. The minimum atomic E-state index is -3.22. The van der Waals surface area contributed by atoms with Gasteiger partial charge < -0.3 is 14.2 Å². The molecule has 0 fully saturated rings. The zero-order valence-corrected chi connectivity index (χ0v) is 10.2. The summed E-state index contributed by atoms with van der Waals surface area (Å²) in [6.45, 7) is -9.33. The second-order valence-corrected chi connectivity index (χ2v) is 4.23. The summed E-state index contributed by atoms with van der Waals surface area (Å²) in [4.78, 5) is 0.880. The summed E-state index contributed by atoms with van der Waals surface area (Å²) in [6, 6.07) is 5.44. The Bertz CT molecular complexity index is 863. The molecule has 1 heterocycles. The lowest BCUT2D eigenvalue weighted by atomic mass is 10.0. The van der Waals surface area contributed by atoms with Crippen LogP contribution in [0.4, 0.5) is 0 Å². The van der Waals surface area contributed by atoms with Gasteiger partial charge in [0.1, 0.15) is 5.75 Å². The fourth-order valence-electron chi connectivity index (χ4n) is 1.56. The van der Waals surface area contributed by atoms with E-state index in [2.05, 4.69) is 0 Å². The molecule has 2 aromatic rings. The first-order chi connectivity index (χ1) is 12.9. The average Bonchev–Trinajstić information content (AvgIpc) is 2.85. The van der Waals surface area contributed by atoms with E-state index in [4.69, 9.17) is 19.8 Å². The lowest BCUT2D eigenvalue weighted by molar-refractivity contribution is 0.171.